The van der Waals surface area contributed by atoms with Crippen molar-refractivity contribution in [2.45, 2.75) is 141 Å². The van der Waals surface area contributed by atoms with Crippen LogP contribution in [0.1, 0.15) is 136 Å². The predicted octanol–water partition coefficient (Wildman–Crippen LogP) is 13.8. The molecule has 300 valence electrons. The first-order valence-electron chi connectivity index (χ1n) is 22.4. The maximum absolute atomic E-state index is 7.50. The van der Waals surface area contributed by atoms with E-state index in [1.807, 2.05) is 11.3 Å². The summed E-state index contributed by atoms with van der Waals surface area (Å²) in [5.74, 6) is 0. The highest BCUT2D eigenvalue weighted by atomic mass is 35.5. The van der Waals surface area contributed by atoms with Gasteiger partial charge in [0.15, 0.2) is 0 Å². The van der Waals surface area contributed by atoms with Gasteiger partial charge in [0.25, 0.3) is 6.71 Å². The van der Waals surface area contributed by atoms with Crippen LogP contribution in [0.3, 0.4) is 0 Å². The summed E-state index contributed by atoms with van der Waals surface area (Å²) in [5.41, 5.74) is 19.7. The molecule has 0 radical (unpaired) electrons. The van der Waals surface area contributed by atoms with Gasteiger partial charge in [-0.2, -0.15) is 0 Å². The van der Waals surface area contributed by atoms with Crippen molar-refractivity contribution < 1.29 is 0 Å². The van der Waals surface area contributed by atoms with E-state index in [0.717, 1.165) is 11.4 Å². The summed E-state index contributed by atoms with van der Waals surface area (Å²) in [6, 6.07) is 33.5. The monoisotopic (exact) mass is 812 g/mol. The molecule has 11 rings (SSSR count). The Kier molecular flexibility index (Phi) is 7.93. The van der Waals surface area contributed by atoms with Crippen molar-refractivity contribution in [3.8, 4) is 11.1 Å². The van der Waals surface area contributed by atoms with Gasteiger partial charge < -0.3 is 9.80 Å². The van der Waals surface area contributed by atoms with Crippen LogP contribution in [0.2, 0.25) is 5.02 Å². The minimum absolute atomic E-state index is 0.00196. The van der Waals surface area contributed by atoms with E-state index >= 15 is 0 Å². The number of thiophene rings is 1. The average Bonchev–Trinajstić information content (AvgIpc) is 3.67. The molecule has 0 spiro atoms. The molecule has 2 nitrogen and oxygen atoms in total. The molecule has 2 unspecified atom stereocenters. The molecular formula is C54H58BClN2S. The van der Waals surface area contributed by atoms with Gasteiger partial charge >= 0.3 is 0 Å². The van der Waals surface area contributed by atoms with Crippen molar-refractivity contribution in [3.63, 3.8) is 0 Å². The molecular weight excluding hydrogens is 755 g/mol. The third-order valence-electron chi connectivity index (χ3n) is 16.2. The lowest BCUT2D eigenvalue weighted by Gasteiger charge is -2.52. The van der Waals surface area contributed by atoms with E-state index in [1.54, 1.807) is 5.56 Å². The Morgan fingerprint density at radius 1 is 0.712 bits per heavy atom. The molecule has 0 amide bonds. The van der Waals surface area contributed by atoms with Crippen molar-refractivity contribution in [2.75, 3.05) is 9.80 Å². The number of rotatable bonds is 3. The van der Waals surface area contributed by atoms with Crippen molar-refractivity contribution in [2.24, 2.45) is 0 Å². The van der Waals surface area contributed by atoms with Crippen LogP contribution < -0.4 is 26.2 Å². The van der Waals surface area contributed by atoms with Crippen LogP contribution in [0.25, 0.3) is 21.2 Å². The molecule has 3 aliphatic heterocycles. The summed E-state index contributed by atoms with van der Waals surface area (Å²) in [6.45, 7) is 24.5. The van der Waals surface area contributed by atoms with Crippen molar-refractivity contribution in [3.05, 3.63) is 118 Å². The number of aryl methyl sites for hydroxylation is 1. The molecule has 2 aliphatic carbocycles. The molecule has 0 bridgehead atoms. The smallest absolute Gasteiger partial charge is 0.254 e. The zero-order valence-corrected chi connectivity index (χ0v) is 38.4. The molecule has 1 saturated carbocycles. The highest BCUT2D eigenvalue weighted by Gasteiger charge is 2.61. The third-order valence-corrected chi connectivity index (χ3v) is 17.6. The lowest BCUT2D eigenvalue weighted by atomic mass is 9.33. The third kappa shape index (κ3) is 5.06. The molecule has 2 atom stereocenters. The van der Waals surface area contributed by atoms with E-state index < -0.39 is 0 Å². The van der Waals surface area contributed by atoms with Crippen LogP contribution in [-0.2, 0) is 28.1 Å². The topological polar surface area (TPSA) is 6.48 Å². The Bertz CT molecular complexity index is 2770. The fourth-order valence-electron chi connectivity index (χ4n) is 12.4. The summed E-state index contributed by atoms with van der Waals surface area (Å²) in [6.07, 6.45) is 8.34. The van der Waals surface area contributed by atoms with Crippen LogP contribution in [0, 0.1) is 0 Å². The fourth-order valence-corrected chi connectivity index (χ4v) is 13.9. The number of halogens is 1. The molecule has 6 aromatic rings. The second-order valence-corrected chi connectivity index (χ2v) is 23.0. The minimum Gasteiger partial charge on any atom is -0.335 e. The molecule has 0 N–H and O–H groups in total. The van der Waals surface area contributed by atoms with Crippen molar-refractivity contribution >= 4 is 83.9 Å². The zero-order valence-electron chi connectivity index (χ0n) is 36.8. The van der Waals surface area contributed by atoms with Gasteiger partial charge in [0.05, 0.1) is 16.2 Å². The van der Waals surface area contributed by atoms with Gasteiger partial charge in [-0.05, 0) is 147 Å². The molecule has 59 heavy (non-hydrogen) atoms. The molecule has 0 saturated heterocycles. The maximum atomic E-state index is 7.50. The molecule has 1 fully saturated rings. The zero-order chi connectivity index (χ0) is 41.2. The van der Waals surface area contributed by atoms with Gasteiger partial charge in [0.1, 0.15) is 0 Å². The lowest BCUT2D eigenvalue weighted by Crippen LogP contribution is -2.64. The minimum atomic E-state index is -0.0574. The molecule has 5 heteroatoms. The number of hydrogen-bond acceptors (Lipinski definition) is 3. The van der Waals surface area contributed by atoms with E-state index in [2.05, 4.69) is 164 Å². The summed E-state index contributed by atoms with van der Waals surface area (Å²) < 4.78 is 1.40. The molecule has 5 aliphatic rings. The summed E-state index contributed by atoms with van der Waals surface area (Å²) >= 11 is 9.50. The Labute approximate surface area is 362 Å². The van der Waals surface area contributed by atoms with Crippen LogP contribution in [0.15, 0.2) is 84.9 Å². The lowest BCUT2D eigenvalue weighted by molar-refractivity contribution is 0.195. The second-order valence-electron chi connectivity index (χ2n) is 21.5. The number of nitrogens with zero attached hydrogens (tertiary/aromatic N) is 2. The van der Waals surface area contributed by atoms with Crippen LogP contribution in [0.4, 0.5) is 27.8 Å². The largest absolute Gasteiger partial charge is 0.335 e. The predicted molar refractivity (Wildman–Crippen MR) is 258 cm³/mol. The Morgan fingerprint density at radius 3 is 2.12 bits per heavy atom. The highest BCUT2D eigenvalue weighted by Crippen LogP contribution is 2.63. The Morgan fingerprint density at radius 2 is 1.41 bits per heavy atom. The quantitative estimate of drug-likeness (QED) is 0.164. The number of anilines is 5. The van der Waals surface area contributed by atoms with Gasteiger partial charge in [0.2, 0.25) is 0 Å². The van der Waals surface area contributed by atoms with E-state index in [-0.39, 0.29) is 33.9 Å². The summed E-state index contributed by atoms with van der Waals surface area (Å²) in [7, 11) is 0. The first kappa shape index (κ1) is 38.0. The summed E-state index contributed by atoms with van der Waals surface area (Å²) in [4.78, 5) is 5.48. The molecule has 4 heterocycles. The standard InChI is InChI=1S/C54H58BClN2S/c1-11-32-25-40-48-41(26-32)55-46-37-30-38-39(52(7,8)24-23-51(38,5)6)31-45(37)59-49(46)57(42-20-19-34(50(2,3)4)27-36(42)33-17-13-12-14-18-33)43-28-35(56)29-44(47(43)55)58(48)54(10)22-16-15-21-53(40,54)9/h12-14,17-20,25-31H,11,15-16,21-24H2,1-10H3. The number of hydrogen-bond donors (Lipinski definition) is 0. The Balaban J connectivity index is 1.30. The average molecular weight is 813 g/mol. The fraction of sp³-hybridized carbons (Fsp3) is 0.407. The molecule has 5 aromatic carbocycles. The second kappa shape index (κ2) is 12.3. The van der Waals surface area contributed by atoms with Crippen molar-refractivity contribution in [1.29, 1.82) is 0 Å². The van der Waals surface area contributed by atoms with Crippen molar-refractivity contribution in [1.82, 2.24) is 0 Å². The van der Waals surface area contributed by atoms with Gasteiger partial charge in [-0.25, -0.2) is 0 Å². The normalized spacial score (nSPS) is 23.1. The van der Waals surface area contributed by atoms with Gasteiger partial charge in [-0.3, -0.25) is 0 Å². The van der Waals surface area contributed by atoms with E-state index in [4.69, 9.17) is 11.6 Å². The highest BCUT2D eigenvalue weighted by molar-refractivity contribution is 7.26. The molecule has 1 aromatic heterocycles. The maximum Gasteiger partial charge on any atom is 0.254 e. The van der Waals surface area contributed by atoms with E-state index in [9.17, 15) is 0 Å². The van der Waals surface area contributed by atoms with Gasteiger partial charge in [-0.1, -0.05) is 135 Å². The number of benzene rings is 5. The van der Waals surface area contributed by atoms with E-state index in [1.165, 1.54) is 126 Å². The summed E-state index contributed by atoms with van der Waals surface area (Å²) in [5, 5.41) is 3.57. The van der Waals surface area contributed by atoms with Crippen LogP contribution >= 0.6 is 22.9 Å². The van der Waals surface area contributed by atoms with Crippen LogP contribution in [0.5, 0.6) is 0 Å². The SMILES string of the molecule is CCc1cc2c3c(c1)C1(C)CCCCC1(C)N3c1cc(Cl)cc3c1B2c1c(sc2cc4c(cc12)C(C)(C)CCC4(C)C)N3c1ccc(C(C)(C)C)cc1-c1ccccc1. The first-order valence-corrected chi connectivity index (χ1v) is 23.6. The first-order chi connectivity index (χ1) is 28.0. The van der Waals surface area contributed by atoms with Gasteiger partial charge in [-0.15, -0.1) is 11.3 Å². The van der Waals surface area contributed by atoms with Crippen LogP contribution in [-0.4, -0.2) is 12.3 Å². The Hall–Kier alpha value is -3.99. The number of fused-ring (bicyclic) bond motifs is 10. The van der Waals surface area contributed by atoms with E-state index in [0.29, 0.717) is 0 Å². The van der Waals surface area contributed by atoms with Gasteiger partial charge in [0, 0.05) is 37.8 Å².